The van der Waals surface area contributed by atoms with Crippen LogP contribution in [0.2, 0.25) is 0 Å². The van der Waals surface area contributed by atoms with Crippen molar-refractivity contribution in [1.29, 1.82) is 0 Å². The van der Waals surface area contributed by atoms with Crippen molar-refractivity contribution in [3.8, 4) is 22.3 Å². The van der Waals surface area contributed by atoms with Crippen LogP contribution in [0.25, 0.3) is 22.3 Å². The molecule has 1 N–H and O–H groups in total. The summed E-state index contributed by atoms with van der Waals surface area (Å²) >= 11 is 0. The van der Waals surface area contributed by atoms with Crippen molar-refractivity contribution in [2.24, 2.45) is 4.99 Å². The number of rotatable bonds is 6. The molecule has 2 unspecified atom stereocenters. The third kappa shape index (κ3) is 5.61. The van der Waals surface area contributed by atoms with E-state index >= 15 is 0 Å². The first-order chi connectivity index (χ1) is 23.1. The second-order valence-corrected chi connectivity index (χ2v) is 12.9. The number of benzene rings is 6. The normalized spacial score (nSPS) is 16.7. The molecule has 0 spiro atoms. The Morgan fingerprint density at radius 1 is 0.596 bits per heavy atom. The van der Waals surface area contributed by atoms with Crippen molar-refractivity contribution < 1.29 is 0 Å². The van der Waals surface area contributed by atoms with Crippen LogP contribution in [0, 0.1) is 6.92 Å². The summed E-state index contributed by atoms with van der Waals surface area (Å²) in [4.78, 5) is 5.36. The molecule has 1 aliphatic heterocycles. The molecule has 2 heteroatoms. The van der Waals surface area contributed by atoms with Gasteiger partial charge in [-0.25, -0.2) is 0 Å². The Bertz CT molecular complexity index is 2140. The van der Waals surface area contributed by atoms with E-state index in [1.807, 2.05) is 0 Å². The summed E-state index contributed by atoms with van der Waals surface area (Å²) in [5.74, 6) is 1.18. The number of nitrogens with zero attached hydrogens (tertiary/aromatic N) is 1. The molecule has 6 aromatic rings. The van der Waals surface area contributed by atoms with Crippen LogP contribution in [-0.4, -0.2) is 5.84 Å². The number of hydrogen-bond acceptors (Lipinski definition) is 2. The van der Waals surface area contributed by atoms with E-state index in [9.17, 15) is 0 Å². The molecule has 1 aliphatic carbocycles. The highest BCUT2D eigenvalue weighted by molar-refractivity contribution is 6.02. The first-order valence-electron chi connectivity index (χ1n) is 16.7. The van der Waals surface area contributed by atoms with Crippen LogP contribution in [0.15, 0.2) is 162 Å². The minimum atomic E-state index is 0.0425. The van der Waals surface area contributed by atoms with Gasteiger partial charge in [0.1, 0.15) is 5.84 Å². The zero-order chi connectivity index (χ0) is 31.7. The Kier molecular flexibility index (Phi) is 7.63. The zero-order valence-electron chi connectivity index (χ0n) is 26.9. The highest BCUT2D eigenvalue weighted by atomic mass is 15.0. The molecule has 6 aromatic carbocycles. The SMILES string of the molecule is CC1=CCC(c2ccc(Cc3ccccc3-c3ccccc3C)cc2)N=C(c2ccc3c(c2)-c2ccccc2C3c2ccccc2)N1. The second-order valence-electron chi connectivity index (χ2n) is 12.9. The van der Waals surface area contributed by atoms with Gasteiger partial charge in [-0.1, -0.05) is 146 Å². The quantitative estimate of drug-likeness (QED) is 0.200. The number of nitrogens with one attached hydrogen (secondary N) is 1. The van der Waals surface area contributed by atoms with Crippen molar-refractivity contribution in [3.63, 3.8) is 0 Å². The number of allylic oxidation sites excluding steroid dienone is 1. The number of aliphatic imine (C=N–C) groups is 1. The fourth-order valence-electron chi connectivity index (χ4n) is 7.37. The van der Waals surface area contributed by atoms with Crippen LogP contribution in [0.5, 0.6) is 0 Å². The molecule has 1 heterocycles. The Morgan fingerprint density at radius 3 is 2.09 bits per heavy atom. The van der Waals surface area contributed by atoms with Crippen LogP contribution in [0.3, 0.4) is 0 Å². The van der Waals surface area contributed by atoms with Crippen LogP contribution in [0.4, 0.5) is 0 Å². The van der Waals surface area contributed by atoms with Gasteiger partial charge in [0.05, 0.1) is 6.04 Å². The van der Waals surface area contributed by atoms with Gasteiger partial charge in [-0.3, -0.25) is 4.99 Å². The minimum absolute atomic E-state index is 0.0425. The average Bonchev–Trinajstić information content (AvgIpc) is 3.31. The van der Waals surface area contributed by atoms with Gasteiger partial charge in [-0.15, -0.1) is 0 Å². The second kappa shape index (κ2) is 12.4. The summed E-state index contributed by atoms with van der Waals surface area (Å²) in [7, 11) is 0. The van der Waals surface area contributed by atoms with E-state index in [0.717, 1.165) is 29.9 Å². The van der Waals surface area contributed by atoms with Crippen molar-refractivity contribution in [2.75, 3.05) is 0 Å². The van der Waals surface area contributed by atoms with Crippen LogP contribution in [-0.2, 0) is 6.42 Å². The van der Waals surface area contributed by atoms with Gasteiger partial charge in [0.15, 0.2) is 0 Å². The van der Waals surface area contributed by atoms with E-state index < -0.39 is 0 Å². The molecular weight excluding hydrogens is 569 g/mol. The predicted octanol–water partition coefficient (Wildman–Crippen LogP) is 10.8. The molecule has 228 valence electrons. The molecule has 0 aromatic heterocycles. The molecule has 0 fully saturated rings. The molecule has 0 bridgehead atoms. The molecule has 0 saturated carbocycles. The topological polar surface area (TPSA) is 24.4 Å². The van der Waals surface area contributed by atoms with Gasteiger partial charge >= 0.3 is 0 Å². The van der Waals surface area contributed by atoms with E-state index in [4.69, 9.17) is 4.99 Å². The monoisotopic (exact) mass is 606 g/mol. The van der Waals surface area contributed by atoms with Gasteiger partial charge in [0.25, 0.3) is 0 Å². The molecule has 8 rings (SSSR count). The Morgan fingerprint density at radius 2 is 1.28 bits per heavy atom. The van der Waals surface area contributed by atoms with E-state index in [1.54, 1.807) is 0 Å². The van der Waals surface area contributed by atoms with E-state index in [0.29, 0.717) is 0 Å². The summed E-state index contributed by atoms with van der Waals surface area (Å²) < 4.78 is 0. The largest absolute Gasteiger partial charge is 0.344 e. The molecular formula is C45H38N2. The lowest BCUT2D eigenvalue weighted by Gasteiger charge is -2.16. The lowest BCUT2D eigenvalue weighted by molar-refractivity contribution is 0.745. The number of fused-ring (bicyclic) bond motifs is 3. The highest BCUT2D eigenvalue weighted by Crippen LogP contribution is 2.48. The van der Waals surface area contributed by atoms with Crippen molar-refractivity contribution in [1.82, 2.24) is 5.32 Å². The Hall–Kier alpha value is -5.47. The summed E-state index contributed by atoms with van der Waals surface area (Å²) in [5, 5.41) is 3.63. The number of aryl methyl sites for hydroxylation is 1. The maximum atomic E-state index is 5.36. The minimum Gasteiger partial charge on any atom is -0.344 e. The van der Waals surface area contributed by atoms with E-state index in [2.05, 4.69) is 171 Å². The summed E-state index contributed by atoms with van der Waals surface area (Å²) in [6, 6.07) is 53.2. The lowest BCUT2D eigenvalue weighted by atomic mass is 9.89. The van der Waals surface area contributed by atoms with Crippen molar-refractivity contribution >= 4 is 5.84 Å². The highest BCUT2D eigenvalue weighted by Gasteiger charge is 2.30. The summed E-state index contributed by atoms with van der Waals surface area (Å²) in [6.45, 7) is 4.33. The predicted molar refractivity (Wildman–Crippen MR) is 196 cm³/mol. The third-order valence-corrected chi connectivity index (χ3v) is 9.79. The first kappa shape index (κ1) is 29.0. The Labute approximate surface area is 278 Å². The number of amidine groups is 1. The fourth-order valence-corrected chi connectivity index (χ4v) is 7.37. The lowest BCUT2D eigenvalue weighted by Crippen LogP contribution is -2.22. The van der Waals surface area contributed by atoms with Gasteiger partial charge in [0, 0.05) is 17.2 Å². The summed E-state index contributed by atoms with van der Waals surface area (Å²) in [6.07, 6.45) is 4.04. The molecule has 0 saturated heterocycles. The molecule has 0 amide bonds. The van der Waals surface area contributed by atoms with Gasteiger partial charge in [-0.05, 0) is 94.0 Å². The van der Waals surface area contributed by atoms with E-state index in [1.165, 1.54) is 61.2 Å². The van der Waals surface area contributed by atoms with Crippen LogP contribution < -0.4 is 5.32 Å². The van der Waals surface area contributed by atoms with E-state index in [-0.39, 0.29) is 12.0 Å². The summed E-state index contributed by atoms with van der Waals surface area (Å²) in [5.41, 5.74) is 16.8. The van der Waals surface area contributed by atoms with Crippen LogP contribution in [0.1, 0.15) is 69.8 Å². The van der Waals surface area contributed by atoms with Crippen molar-refractivity contribution in [2.45, 2.75) is 38.6 Å². The average molecular weight is 607 g/mol. The molecule has 2 nitrogen and oxygen atoms in total. The number of hydrogen-bond donors (Lipinski definition) is 1. The van der Waals surface area contributed by atoms with Crippen molar-refractivity contribution in [3.05, 3.63) is 202 Å². The third-order valence-electron chi connectivity index (χ3n) is 9.79. The standard InChI is InChI=1S/C45H38N2/c1-30-12-6-8-16-37(30)38-17-9-7-15-35(38)28-32-21-23-33(24-22-32)43-27-20-31(2)46-45(47-43)36-25-26-41-42(29-36)39-18-10-11-19-40(39)44(41)34-13-4-3-5-14-34/h3-26,29,43-44H,27-28H2,1-2H3,(H,46,47). The smallest absolute Gasteiger partial charge is 0.133 e. The molecule has 0 radical (unpaired) electrons. The van der Waals surface area contributed by atoms with Gasteiger partial charge in [0.2, 0.25) is 0 Å². The molecule has 2 atom stereocenters. The maximum Gasteiger partial charge on any atom is 0.133 e. The fraction of sp³-hybridized carbons (Fsp3) is 0.133. The Balaban J connectivity index is 1.09. The molecule has 2 aliphatic rings. The van der Waals surface area contributed by atoms with Crippen LogP contribution >= 0.6 is 0 Å². The zero-order valence-corrected chi connectivity index (χ0v) is 26.9. The first-order valence-corrected chi connectivity index (χ1v) is 16.7. The molecule has 47 heavy (non-hydrogen) atoms. The van der Waals surface area contributed by atoms with Gasteiger partial charge < -0.3 is 5.32 Å². The maximum absolute atomic E-state index is 5.36. The van der Waals surface area contributed by atoms with Gasteiger partial charge in [-0.2, -0.15) is 0 Å².